The molecule has 26 heavy (non-hydrogen) atoms. The summed E-state index contributed by atoms with van der Waals surface area (Å²) in [4.78, 5) is 13.8. The zero-order chi connectivity index (χ0) is 19.3. The first-order chi connectivity index (χ1) is 12.8. The number of unbranched alkanes of at least 4 members (excludes halogenated alkanes) is 16. The molecule has 0 fully saturated rings. The summed E-state index contributed by atoms with van der Waals surface area (Å²) in [7, 11) is 0. The summed E-state index contributed by atoms with van der Waals surface area (Å²) in [5.41, 5.74) is 0. The summed E-state index contributed by atoms with van der Waals surface area (Å²) in [6.07, 6.45) is 24.4. The Kier molecular flexibility index (Phi) is 20.4. The highest BCUT2D eigenvalue weighted by molar-refractivity contribution is 5.75. The summed E-state index contributed by atoms with van der Waals surface area (Å²) in [5, 5.41) is 0. The standard InChI is InChI=1S/C24H49NO/c1-4-7-8-9-10-11-12-13-14-15-16-17-18-19-20-21-22-23-24(26)25(5-2)6-3/h4-23H2,1-3H3. The lowest BCUT2D eigenvalue weighted by Crippen LogP contribution is -2.30. The van der Waals surface area contributed by atoms with Crippen LogP contribution in [0.1, 0.15) is 136 Å². The summed E-state index contributed by atoms with van der Waals surface area (Å²) in [6.45, 7) is 8.13. The molecule has 0 heterocycles. The molecule has 0 bridgehead atoms. The van der Waals surface area contributed by atoms with Crippen molar-refractivity contribution in [1.82, 2.24) is 4.90 Å². The molecule has 0 spiro atoms. The predicted octanol–water partition coefficient (Wildman–Crippen LogP) is 7.90. The molecule has 0 radical (unpaired) electrons. The highest BCUT2D eigenvalue weighted by atomic mass is 16.2. The van der Waals surface area contributed by atoms with Crippen LogP contribution in [0.4, 0.5) is 0 Å². The van der Waals surface area contributed by atoms with Gasteiger partial charge in [-0.2, -0.15) is 0 Å². The van der Waals surface area contributed by atoms with E-state index in [1.807, 2.05) is 4.90 Å². The third kappa shape index (κ3) is 16.9. The van der Waals surface area contributed by atoms with Crippen LogP contribution in [-0.4, -0.2) is 23.9 Å². The van der Waals surface area contributed by atoms with Gasteiger partial charge in [-0.15, -0.1) is 0 Å². The van der Waals surface area contributed by atoms with Crippen LogP contribution in [0.2, 0.25) is 0 Å². The third-order valence-corrected chi connectivity index (χ3v) is 5.61. The molecule has 156 valence electrons. The monoisotopic (exact) mass is 367 g/mol. The average Bonchev–Trinajstić information content (AvgIpc) is 2.65. The Morgan fingerprint density at radius 3 is 1.12 bits per heavy atom. The normalized spacial score (nSPS) is 11.0. The molecule has 0 atom stereocenters. The third-order valence-electron chi connectivity index (χ3n) is 5.61. The molecule has 0 aliphatic carbocycles. The second-order valence-electron chi connectivity index (χ2n) is 7.97. The number of nitrogens with zero attached hydrogens (tertiary/aromatic N) is 1. The molecule has 1 amide bonds. The molecule has 0 aromatic heterocycles. The number of amides is 1. The molecule has 0 aliphatic rings. The Morgan fingerprint density at radius 2 is 0.808 bits per heavy atom. The first kappa shape index (κ1) is 25.5. The number of carbonyl (C=O) groups is 1. The zero-order valence-electron chi connectivity index (χ0n) is 18.5. The maximum atomic E-state index is 11.9. The minimum absolute atomic E-state index is 0.343. The summed E-state index contributed by atoms with van der Waals surface area (Å²) < 4.78 is 0. The fourth-order valence-corrected chi connectivity index (χ4v) is 3.74. The average molecular weight is 368 g/mol. The molecule has 0 unspecified atom stereocenters. The van der Waals surface area contributed by atoms with E-state index < -0.39 is 0 Å². The van der Waals surface area contributed by atoms with Crippen molar-refractivity contribution in [2.45, 2.75) is 136 Å². The molecular formula is C24H49NO. The van der Waals surface area contributed by atoms with Crippen molar-refractivity contribution in [1.29, 1.82) is 0 Å². The SMILES string of the molecule is CCCCCCCCCCCCCCCCCCCC(=O)N(CC)CC. The van der Waals surface area contributed by atoms with Gasteiger partial charge in [0.15, 0.2) is 0 Å². The lowest BCUT2D eigenvalue weighted by Gasteiger charge is -2.18. The first-order valence-electron chi connectivity index (χ1n) is 12.0. The molecule has 0 aromatic carbocycles. The zero-order valence-corrected chi connectivity index (χ0v) is 18.5. The van der Waals surface area contributed by atoms with Crippen molar-refractivity contribution >= 4 is 5.91 Å². The molecule has 2 nitrogen and oxygen atoms in total. The van der Waals surface area contributed by atoms with Crippen molar-refractivity contribution < 1.29 is 4.79 Å². The minimum atomic E-state index is 0.343. The maximum absolute atomic E-state index is 11.9. The fraction of sp³-hybridized carbons (Fsp3) is 0.958. The van der Waals surface area contributed by atoms with Gasteiger partial charge in [-0.3, -0.25) is 4.79 Å². The lowest BCUT2D eigenvalue weighted by atomic mass is 10.0. The Labute approximate surface area is 165 Å². The smallest absolute Gasteiger partial charge is 0.222 e. The topological polar surface area (TPSA) is 20.3 Å². The van der Waals surface area contributed by atoms with Gasteiger partial charge in [0.1, 0.15) is 0 Å². The van der Waals surface area contributed by atoms with Crippen molar-refractivity contribution in [3.05, 3.63) is 0 Å². The van der Waals surface area contributed by atoms with Crippen LogP contribution in [0.5, 0.6) is 0 Å². The van der Waals surface area contributed by atoms with Crippen LogP contribution in [-0.2, 0) is 4.79 Å². The molecule has 0 saturated heterocycles. The van der Waals surface area contributed by atoms with Gasteiger partial charge in [0.25, 0.3) is 0 Å². The van der Waals surface area contributed by atoms with Crippen LogP contribution in [0.25, 0.3) is 0 Å². The van der Waals surface area contributed by atoms with Gasteiger partial charge in [0.05, 0.1) is 0 Å². The predicted molar refractivity (Wildman–Crippen MR) is 117 cm³/mol. The van der Waals surface area contributed by atoms with E-state index in [0.29, 0.717) is 5.91 Å². The summed E-state index contributed by atoms with van der Waals surface area (Å²) in [6, 6.07) is 0. The van der Waals surface area contributed by atoms with Gasteiger partial charge in [-0.05, 0) is 20.3 Å². The number of rotatable bonds is 20. The van der Waals surface area contributed by atoms with E-state index in [1.165, 1.54) is 103 Å². The molecular weight excluding hydrogens is 318 g/mol. The molecule has 0 saturated carbocycles. The van der Waals surface area contributed by atoms with Crippen LogP contribution in [0, 0.1) is 0 Å². The fourth-order valence-electron chi connectivity index (χ4n) is 3.74. The van der Waals surface area contributed by atoms with E-state index in [0.717, 1.165) is 25.9 Å². The van der Waals surface area contributed by atoms with Gasteiger partial charge in [0, 0.05) is 19.5 Å². The van der Waals surface area contributed by atoms with E-state index in [2.05, 4.69) is 20.8 Å². The van der Waals surface area contributed by atoms with E-state index >= 15 is 0 Å². The Bertz CT molecular complexity index is 286. The van der Waals surface area contributed by atoms with Crippen LogP contribution >= 0.6 is 0 Å². The van der Waals surface area contributed by atoms with E-state index in [1.54, 1.807) is 0 Å². The molecule has 0 N–H and O–H groups in total. The van der Waals surface area contributed by atoms with Gasteiger partial charge in [0.2, 0.25) is 5.91 Å². The molecule has 2 heteroatoms. The molecule has 0 aliphatic heterocycles. The molecule has 0 aromatic rings. The molecule has 0 rings (SSSR count). The van der Waals surface area contributed by atoms with Crippen molar-refractivity contribution in [2.24, 2.45) is 0 Å². The van der Waals surface area contributed by atoms with Crippen molar-refractivity contribution in [2.75, 3.05) is 13.1 Å². The van der Waals surface area contributed by atoms with E-state index in [-0.39, 0.29) is 0 Å². The van der Waals surface area contributed by atoms with Gasteiger partial charge < -0.3 is 4.90 Å². The van der Waals surface area contributed by atoms with E-state index in [9.17, 15) is 4.79 Å². The summed E-state index contributed by atoms with van der Waals surface area (Å²) in [5.74, 6) is 0.343. The lowest BCUT2D eigenvalue weighted by molar-refractivity contribution is -0.130. The second-order valence-corrected chi connectivity index (χ2v) is 7.97. The van der Waals surface area contributed by atoms with Gasteiger partial charge in [-0.25, -0.2) is 0 Å². The quantitative estimate of drug-likeness (QED) is 0.200. The van der Waals surface area contributed by atoms with Crippen LogP contribution in [0.3, 0.4) is 0 Å². The van der Waals surface area contributed by atoms with Gasteiger partial charge in [-0.1, -0.05) is 110 Å². The largest absolute Gasteiger partial charge is 0.343 e. The Balaban J connectivity index is 3.14. The van der Waals surface area contributed by atoms with Crippen molar-refractivity contribution in [3.63, 3.8) is 0 Å². The number of carbonyl (C=O) groups excluding carboxylic acids is 1. The Morgan fingerprint density at radius 1 is 0.500 bits per heavy atom. The minimum Gasteiger partial charge on any atom is -0.343 e. The van der Waals surface area contributed by atoms with Crippen molar-refractivity contribution in [3.8, 4) is 0 Å². The van der Waals surface area contributed by atoms with Crippen LogP contribution in [0.15, 0.2) is 0 Å². The highest BCUT2D eigenvalue weighted by Crippen LogP contribution is 2.14. The second kappa shape index (κ2) is 20.8. The maximum Gasteiger partial charge on any atom is 0.222 e. The number of hydrogen-bond acceptors (Lipinski definition) is 1. The van der Waals surface area contributed by atoms with Crippen LogP contribution < -0.4 is 0 Å². The summed E-state index contributed by atoms with van der Waals surface area (Å²) >= 11 is 0. The highest BCUT2D eigenvalue weighted by Gasteiger charge is 2.08. The first-order valence-corrected chi connectivity index (χ1v) is 12.0. The Hall–Kier alpha value is -0.530. The number of hydrogen-bond donors (Lipinski definition) is 0. The van der Waals surface area contributed by atoms with E-state index in [4.69, 9.17) is 0 Å². The van der Waals surface area contributed by atoms with Gasteiger partial charge >= 0.3 is 0 Å².